The molecule has 8 nitrogen and oxygen atoms in total. The van der Waals surface area contributed by atoms with Crippen molar-refractivity contribution in [3.05, 3.63) is 48.4 Å². The highest BCUT2D eigenvalue weighted by Gasteiger charge is 2.28. The van der Waals surface area contributed by atoms with Gasteiger partial charge in [-0.25, -0.2) is 18.4 Å². The minimum absolute atomic E-state index is 0.0148. The van der Waals surface area contributed by atoms with E-state index >= 15 is 0 Å². The van der Waals surface area contributed by atoms with Gasteiger partial charge < -0.3 is 9.64 Å². The molecule has 3 heterocycles. The van der Waals surface area contributed by atoms with E-state index in [-0.39, 0.29) is 16.9 Å². The Labute approximate surface area is 176 Å². The van der Waals surface area contributed by atoms with E-state index in [4.69, 9.17) is 4.74 Å². The number of ether oxygens (including phenoxy) is 1. The molecule has 2 fully saturated rings. The number of nitrogens with zero attached hydrogens (tertiary/aromatic N) is 4. The van der Waals surface area contributed by atoms with Gasteiger partial charge in [0.15, 0.2) is 0 Å². The van der Waals surface area contributed by atoms with E-state index in [0.717, 1.165) is 32.1 Å². The van der Waals surface area contributed by atoms with Gasteiger partial charge in [0, 0.05) is 56.8 Å². The lowest BCUT2D eigenvalue weighted by molar-refractivity contribution is 0.0587. The van der Waals surface area contributed by atoms with Gasteiger partial charge in [-0.1, -0.05) is 6.42 Å². The van der Waals surface area contributed by atoms with Crippen LogP contribution in [0.25, 0.3) is 0 Å². The quantitative estimate of drug-likeness (QED) is 0.723. The molecule has 160 valence electrons. The maximum atomic E-state index is 12.8. The number of aromatic nitrogens is 2. The van der Waals surface area contributed by atoms with Crippen LogP contribution in [0.5, 0.6) is 5.88 Å². The summed E-state index contributed by atoms with van der Waals surface area (Å²) < 4.78 is 32.9. The molecule has 1 amide bonds. The lowest BCUT2D eigenvalue weighted by Gasteiger charge is -2.32. The molecule has 0 N–H and O–H groups in total. The Morgan fingerprint density at radius 3 is 2.30 bits per heavy atom. The van der Waals surface area contributed by atoms with Crippen LogP contribution in [0.3, 0.4) is 0 Å². The SMILES string of the molecule is O=C(c1ccc(S(=O)(=O)N2CCCCC2)cc1)N1CCC(Oc2ccncn2)CC1. The van der Waals surface area contributed by atoms with E-state index in [1.165, 1.54) is 10.6 Å². The van der Waals surface area contributed by atoms with Crippen LogP contribution in [0.4, 0.5) is 0 Å². The van der Waals surface area contributed by atoms with E-state index in [2.05, 4.69) is 9.97 Å². The number of carbonyl (C=O) groups is 1. The zero-order valence-corrected chi connectivity index (χ0v) is 17.6. The Morgan fingerprint density at radius 1 is 0.967 bits per heavy atom. The van der Waals surface area contributed by atoms with E-state index in [0.29, 0.717) is 37.6 Å². The van der Waals surface area contributed by atoms with Crippen LogP contribution in [0.15, 0.2) is 47.8 Å². The smallest absolute Gasteiger partial charge is 0.253 e. The number of hydrogen-bond acceptors (Lipinski definition) is 6. The van der Waals surface area contributed by atoms with Gasteiger partial charge in [0.1, 0.15) is 12.4 Å². The van der Waals surface area contributed by atoms with Crippen LogP contribution in [0.1, 0.15) is 42.5 Å². The molecule has 0 atom stereocenters. The number of hydrogen-bond donors (Lipinski definition) is 0. The van der Waals surface area contributed by atoms with Gasteiger partial charge in [-0.15, -0.1) is 0 Å². The van der Waals surface area contributed by atoms with Crippen molar-refractivity contribution in [2.45, 2.75) is 43.1 Å². The lowest BCUT2D eigenvalue weighted by Crippen LogP contribution is -2.41. The van der Waals surface area contributed by atoms with Gasteiger partial charge >= 0.3 is 0 Å². The number of likely N-dealkylation sites (tertiary alicyclic amines) is 1. The molecule has 30 heavy (non-hydrogen) atoms. The molecule has 2 saturated heterocycles. The van der Waals surface area contributed by atoms with Crippen LogP contribution >= 0.6 is 0 Å². The molecular weight excluding hydrogens is 404 g/mol. The average molecular weight is 431 g/mol. The molecule has 1 aromatic carbocycles. The minimum Gasteiger partial charge on any atom is -0.474 e. The Balaban J connectivity index is 1.35. The van der Waals surface area contributed by atoms with Crippen molar-refractivity contribution in [3.8, 4) is 5.88 Å². The van der Waals surface area contributed by atoms with E-state index in [1.54, 1.807) is 41.4 Å². The second kappa shape index (κ2) is 9.09. The molecule has 0 spiro atoms. The Hall–Kier alpha value is -2.52. The van der Waals surface area contributed by atoms with Gasteiger partial charge in [-0.2, -0.15) is 4.31 Å². The molecule has 0 bridgehead atoms. The summed E-state index contributed by atoms with van der Waals surface area (Å²) in [5.41, 5.74) is 0.503. The van der Waals surface area contributed by atoms with E-state index < -0.39 is 10.0 Å². The third-order valence-electron chi connectivity index (χ3n) is 5.63. The monoisotopic (exact) mass is 430 g/mol. The molecule has 2 aliphatic heterocycles. The van der Waals surface area contributed by atoms with Gasteiger partial charge in [0.25, 0.3) is 5.91 Å². The number of sulfonamides is 1. The van der Waals surface area contributed by atoms with E-state index in [1.807, 2.05) is 0 Å². The molecular formula is C21H26N4O4S. The number of amides is 1. The number of carbonyl (C=O) groups excluding carboxylic acids is 1. The normalized spacial score (nSPS) is 18.9. The largest absolute Gasteiger partial charge is 0.474 e. The summed E-state index contributed by atoms with van der Waals surface area (Å²) in [6.45, 7) is 2.30. The topological polar surface area (TPSA) is 92.7 Å². The third kappa shape index (κ3) is 4.62. The second-order valence-corrected chi connectivity index (χ2v) is 9.58. The number of benzene rings is 1. The maximum absolute atomic E-state index is 12.8. The fourth-order valence-corrected chi connectivity index (χ4v) is 5.42. The van der Waals surface area contributed by atoms with Crippen LogP contribution in [0, 0.1) is 0 Å². The third-order valence-corrected chi connectivity index (χ3v) is 7.54. The fourth-order valence-electron chi connectivity index (χ4n) is 3.90. The highest BCUT2D eigenvalue weighted by atomic mass is 32.2. The van der Waals surface area contributed by atoms with Crippen molar-refractivity contribution < 1.29 is 17.9 Å². The van der Waals surface area contributed by atoms with Crippen molar-refractivity contribution >= 4 is 15.9 Å². The van der Waals surface area contributed by atoms with Gasteiger partial charge in [0.05, 0.1) is 4.90 Å². The Bertz CT molecular complexity index is 952. The zero-order valence-electron chi connectivity index (χ0n) is 16.8. The first-order chi connectivity index (χ1) is 14.5. The van der Waals surface area contributed by atoms with Crippen LogP contribution in [-0.2, 0) is 10.0 Å². The number of rotatable bonds is 5. The molecule has 2 aliphatic rings. The Kier molecular flexibility index (Phi) is 6.29. The summed E-state index contributed by atoms with van der Waals surface area (Å²) in [6.07, 6.45) is 7.40. The molecule has 1 aromatic heterocycles. The molecule has 9 heteroatoms. The summed E-state index contributed by atoms with van der Waals surface area (Å²) in [7, 11) is -3.48. The predicted molar refractivity (Wildman–Crippen MR) is 111 cm³/mol. The van der Waals surface area contributed by atoms with Crippen LogP contribution in [0.2, 0.25) is 0 Å². The first kappa shape index (κ1) is 20.7. The van der Waals surface area contributed by atoms with Crippen LogP contribution < -0.4 is 4.74 Å². The molecule has 4 rings (SSSR count). The second-order valence-electron chi connectivity index (χ2n) is 7.65. The standard InChI is InChI=1S/C21H26N4O4S/c26-21(24-14-9-18(10-15-24)29-20-8-11-22-16-23-20)17-4-6-19(7-5-17)30(27,28)25-12-2-1-3-13-25/h4-8,11,16,18H,1-3,9-10,12-15H2. The first-order valence-electron chi connectivity index (χ1n) is 10.4. The fraction of sp³-hybridized carbons (Fsp3) is 0.476. The zero-order chi connectivity index (χ0) is 21.0. The minimum atomic E-state index is -3.48. The summed E-state index contributed by atoms with van der Waals surface area (Å²) in [4.78, 5) is 22.8. The van der Waals surface area contributed by atoms with Gasteiger partial charge in [0.2, 0.25) is 15.9 Å². The maximum Gasteiger partial charge on any atom is 0.253 e. The van der Waals surface area contributed by atoms with Crippen molar-refractivity contribution in [1.82, 2.24) is 19.2 Å². The average Bonchev–Trinajstić information content (AvgIpc) is 2.80. The van der Waals surface area contributed by atoms with E-state index in [9.17, 15) is 13.2 Å². The highest BCUT2D eigenvalue weighted by Crippen LogP contribution is 2.22. The predicted octanol–water partition coefficient (Wildman–Crippen LogP) is 2.33. The molecule has 0 aliphatic carbocycles. The Morgan fingerprint density at radius 2 is 1.67 bits per heavy atom. The summed E-state index contributed by atoms with van der Waals surface area (Å²) in [5.74, 6) is 0.456. The van der Waals surface area contributed by atoms with Crippen molar-refractivity contribution in [1.29, 1.82) is 0 Å². The van der Waals surface area contributed by atoms with Gasteiger partial charge in [-0.3, -0.25) is 4.79 Å². The molecule has 0 radical (unpaired) electrons. The number of piperidine rings is 2. The molecule has 0 saturated carbocycles. The van der Waals surface area contributed by atoms with Crippen LogP contribution in [-0.4, -0.2) is 65.8 Å². The molecule has 2 aromatic rings. The van der Waals surface area contributed by atoms with Gasteiger partial charge in [-0.05, 0) is 37.1 Å². The summed E-state index contributed by atoms with van der Waals surface area (Å²) in [6, 6.07) is 8.03. The first-order valence-corrected chi connectivity index (χ1v) is 11.8. The molecule has 0 unspecified atom stereocenters. The van der Waals surface area contributed by atoms with Crippen molar-refractivity contribution in [3.63, 3.8) is 0 Å². The van der Waals surface area contributed by atoms with Crippen molar-refractivity contribution in [2.24, 2.45) is 0 Å². The summed E-state index contributed by atoms with van der Waals surface area (Å²) >= 11 is 0. The summed E-state index contributed by atoms with van der Waals surface area (Å²) in [5, 5.41) is 0. The highest BCUT2D eigenvalue weighted by molar-refractivity contribution is 7.89. The van der Waals surface area contributed by atoms with Crippen molar-refractivity contribution in [2.75, 3.05) is 26.2 Å². The lowest BCUT2D eigenvalue weighted by atomic mass is 10.1.